The van der Waals surface area contributed by atoms with Crippen molar-refractivity contribution in [2.24, 2.45) is 0 Å². The zero-order chi connectivity index (χ0) is 19.1. The van der Waals surface area contributed by atoms with Crippen LogP contribution in [0.2, 0.25) is 5.02 Å². The van der Waals surface area contributed by atoms with E-state index in [1.54, 1.807) is 0 Å². The van der Waals surface area contributed by atoms with Gasteiger partial charge in [-0.1, -0.05) is 48.0 Å². The molecule has 0 aliphatic heterocycles. The molecule has 140 valence electrons. The van der Waals surface area contributed by atoms with E-state index in [9.17, 15) is 0 Å². The molecule has 3 aromatic carbocycles. The molecular weight excluding hydrogens is 358 g/mol. The summed E-state index contributed by atoms with van der Waals surface area (Å²) in [4.78, 5) is 0. The molecule has 27 heavy (non-hydrogen) atoms. The maximum absolute atomic E-state index is 6.04. The van der Waals surface area contributed by atoms with Crippen LogP contribution in [0.4, 0.5) is 5.69 Å². The Morgan fingerprint density at radius 2 is 1.70 bits per heavy atom. The lowest BCUT2D eigenvalue weighted by Gasteiger charge is -2.15. The molecule has 0 atom stereocenters. The second kappa shape index (κ2) is 9.33. The third-order valence-corrected chi connectivity index (χ3v) is 4.45. The number of hydrogen-bond donors (Lipinski definition) is 1. The summed E-state index contributed by atoms with van der Waals surface area (Å²) in [5.74, 6) is 1.49. The molecule has 4 heteroatoms. The molecule has 1 N–H and O–H groups in total. The van der Waals surface area contributed by atoms with Crippen molar-refractivity contribution >= 4 is 17.3 Å². The minimum Gasteiger partial charge on any atom is -0.490 e. The van der Waals surface area contributed by atoms with Gasteiger partial charge in [-0.3, -0.25) is 0 Å². The maximum Gasteiger partial charge on any atom is 0.161 e. The van der Waals surface area contributed by atoms with Crippen molar-refractivity contribution in [2.75, 3.05) is 11.9 Å². The molecule has 0 bridgehead atoms. The summed E-state index contributed by atoms with van der Waals surface area (Å²) in [7, 11) is 0. The van der Waals surface area contributed by atoms with Gasteiger partial charge in [-0.25, -0.2) is 0 Å². The van der Waals surface area contributed by atoms with Crippen LogP contribution in [0.3, 0.4) is 0 Å². The Morgan fingerprint density at radius 1 is 0.852 bits per heavy atom. The highest BCUT2D eigenvalue weighted by Crippen LogP contribution is 2.30. The van der Waals surface area contributed by atoms with Gasteiger partial charge in [0.05, 0.1) is 6.61 Å². The van der Waals surface area contributed by atoms with Crippen LogP contribution in [0.5, 0.6) is 11.5 Å². The van der Waals surface area contributed by atoms with E-state index in [0.717, 1.165) is 34.9 Å². The van der Waals surface area contributed by atoms with E-state index < -0.39 is 0 Å². The zero-order valence-electron chi connectivity index (χ0n) is 15.7. The first-order valence-electron chi connectivity index (χ1n) is 9.08. The highest BCUT2D eigenvalue weighted by Gasteiger charge is 2.08. The number of aryl methyl sites for hydroxylation is 1. The molecular formula is C23H24ClNO2. The first kappa shape index (κ1) is 19.1. The van der Waals surface area contributed by atoms with E-state index in [2.05, 4.69) is 30.4 Å². The topological polar surface area (TPSA) is 30.5 Å². The largest absolute Gasteiger partial charge is 0.490 e. The summed E-state index contributed by atoms with van der Waals surface area (Å²) < 4.78 is 11.8. The molecule has 0 saturated carbocycles. The van der Waals surface area contributed by atoms with Gasteiger partial charge in [-0.15, -0.1) is 0 Å². The SMILES string of the molecule is CCOc1cc(CNc2ccccc2C)ccc1OCc1cccc(Cl)c1. The van der Waals surface area contributed by atoms with E-state index in [-0.39, 0.29) is 0 Å². The standard InChI is InChI=1S/C23H24ClNO2/c1-3-26-23-14-18(15-25-21-10-5-4-7-17(21)2)11-12-22(23)27-16-19-8-6-9-20(24)13-19/h4-14,25H,3,15-16H2,1-2H3. The molecule has 0 fully saturated rings. The Balaban J connectivity index is 1.69. The Kier molecular flexibility index (Phi) is 6.61. The lowest BCUT2D eigenvalue weighted by molar-refractivity contribution is 0.269. The average molecular weight is 382 g/mol. The van der Waals surface area contributed by atoms with Gasteiger partial charge in [-0.2, -0.15) is 0 Å². The number of hydrogen-bond acceptors (Lipinski definition) is 3. The van der Waals surface area contributed by atoms with Gasteiger partial charge in [0.15, 0.2) is 11.5 Å². The average Bonchev–Trinajstić information content (AvgIpc) is 2.67. The minimum absolute atomic E-state index is 0.446. The molecule has 0 heterocycles. The van der Waals surface area contributed by atoms with Crippen LogP contribution >= 0.6 is 11.6 Å². The maximum atomic E-state index is 6.04. The molecule has 0 radical (unpaired) electrons. The highest BCUT2D eigenvalue weighted by molar-refractivity contribution is 6.30. The van der Waals surface area contributed by atoms with Crippen molar-refractivity contribution < 1.29 is 9.47 Å². The zero-order valence-corrected chi connectivity index (χ0v) is 16.4. The number of halogens is 1. The molecule has 0 aliphatic carbocycles. The minimum atomic E-state index is 0.446. The Labute approximate surface area is 165 Å². The molecule has 3 rings (SSSR count). The van der Waals surface area contributed by atoms with E-state index >= 15 is 0 Å². The summed E-state index contributed by atoms with van der Waals surface area (Å²) in [5, 5.41) is 4.18. The van der Waals surface area contributed by atoms with E-state index in [0.29, 0.717) is 18.2 Å². The van der Waals surface area contributed by atoms with Crippen LogP contribution in [-0.2, 0) is 13.2 Å². The van der Waals surface area contributed by atoms with Gasteiger partial charge in [0.1, 0.15) is 6.61 Å². The lowest BCUT2D eigenvalue weighted by atomic mass is 10.1. The van der Waals surface area contributed by atoms with Crippen molar-refractivity contribution in [1.82, 2.24) is 0 Å². The van der Waals surface area contributed by atoms with Crippen molar-refractivity contribution in [3.63, 3.8) is 0 Å². The molecule has 0 amide bonds. The first-order valence-corrected chi connectivity index (χ1v) is 9.46. The number of para-hydroxylation sites is 1. The molecule has 0 spiro atoms. The molecule has 0 aliphatic rings. The second-order valence-electron chi connectivity index (χ2n) is 6.30. The van der Waals surface area contributed by atoms with Crippen LogP contribution < -0.4 is 14.8 Å². The van der Waals surface area contributed by atoms with E-state index in [1.807, 2.05) is 55.5 Å². The summed E-state index contributed by atoms with van der Waals surface area (Å²) in [6, 6.07) is 22.0. The van der Waals surface area contributed by atoms with Gasteiger partial charge >= 0.3 is 0 Å². The fraction of sp³-hybridized carbons (Fsp3) is 0.217. The predicted molar refractivity (Wildman–Crippen MR) is 112 cm³/mol. The van der Waals surface area contributed by atoms with Crippen molar-refractivity contribution in [1.29, 1.82) is 0 Å². The Hall–Kier alpha value is -2.65. The van der Waals surface area contributed by atoms with Crippen LogP contribution in [-0.4, -0.2) is 6.61 Å². The predicted octanol–water partition coefficient (Wildman–Crippen LogP) is 6.24. The van der Waals surface area contributed by atoms with Crippen molar-refractivity contribution in [3.05, 3.63) is 88.4 Å². The Bertz CT molecular complexity index is 895. The second-order valence-corrected chi connectivity index (χ2v) is 6.74. The molecule has 3 aromatic rings. The smallest absolute Gasteiger partial charge is 0.161 e. The monoisotopic (exact) mass is 381 g/mol. The quantitative estimate of drug-likeness (QED) is 0.501. The van der Waals surface area contributed by atoms with Crippen LogP contribution in [0.1, 0.15) is 23.6 Å². The van der Waals surface area contributed by atoms with E-state index in [1.165, 1.54) is 5.56 Å². The summed E-state index contributed by atoms with van der Waals surface area (Å²) in [5.41, 5.74) is 4.52. The Morgan fingerprint density at radius 3 is 2.48 bits per heavy atom. The fourth-order valence-electron chi connectivity index (χ4n) is 2.81. The molecule has 0 unspecified atom stereocenters. The van der Waals surface area contributed by atoms with Gasteiger partial charge in [0, 0.05) is 17.3 Å². The van der Waals surface area contributed by atoms with E-state index in [4.69, 9.17) is 21.1 Å². The van der Waals surface area contributed by atoms with Gasteiger partial charge in [0.25, 0.3) is 0 Å². The van der Waals surface area contributed by atoms with Gasteiger partial charge < -0.3 is 14.8 Å². The van der Waals surface area contributed by atoms with Crippen LogP contribution in [0.25, 0.3) is 0 Å². The third kappa shape index (κ3) is 5.41. The third-order valence-electron chi connectivity index (χ3n) is 4.22. The normalized spacial score (nSPS) is 10.5. The number of nitrogens with one attached hydrogen (secondary N) is 1. The number of anilines is 1. The molecule has 3 nitrogen and oxygen atoms in total. The number of rotatable bonds is 8. The fourth-order valence-corrected chi connectivity index (χ4v) is 3.02. The van der Waals surface area contributed by atoms with Crippen LogP contribution in [0.15, 0.2) is 66.7 Å². The number of ether oxygens (including phenoxy) is 2. The number of benzene rings is 3. The lowest BCUT2D eigenvalue weighted by Crippen LogP contribution is -2.03. The summed E-state index contributed by atoms with van der Waals surface area (Å²) >= 11 is 6.04. The van der Waals surface area contributed by atoms with Crippen molar-refractivity contribution in [2.45, 2.75) is 27.0 Å². The highest BCUT2D eigenvalue weighted by atomic mass is 35.5. The van der Waals surface area contributed by atoms with Crippen LogP contribution in [0, 0.1) is 6.92 Å². The van der Waals surface area contributed by atoms with Gasteiger partial charge in [0.2, 0.25) is 0 Å². The first-order chi connectivity index (χ1) is 13.2. The van der Waals surface area contributed by atoms with Crippen molar-refractivity contribution in [3.8, 4) is 11.5 Å². The van der Waals surface area contributed by atoms with Gasteiger partial charge in [-0.05, 0) is 60.9 Å². The molecule has 0 aromatic heterocycles. The summed E-state index contributed by atoms with van der Waals surface area (Å²) in [6.07, 6.45) is 0. The summed E-state index contributed by atoms with van der Waals surface area (Å²) in [6.45, 7) is 5.82. The molecule has 0 saturated heterocycles.